The number of carbonyl (C=O) groups is 1. The molecule has 66 valence electrons. The van der Waals surface area contributed by atoms with E-state index in [1.165, 1.54) is 0 Å². The zero-order chi connectivity index (χ0) is 9.26. The van der Waals surface area contributed by atoms with E-state index in [9.17, 15) is 4.79 Å². The van der Waals surface area contributed by atoms with Gasteiger partial charge in [-0.1, -0.05) is 24.3 Å². The number of benzene rings is 1. The first-order valence-corrected chi connectivity index (χ1v) is 3.95. The summed E-state index contributed by atoms with van der Waals surface area (Å²) in [6.07, 6.45) is 1.07. The Labute approximate surface area is 75.3 Å². The minimum Gasteiger partial charge on any atom is -0.449 e. The maximum Gasteiger partial charge on any atom is 0.511 e. The van der Waals surface area contributed by atoms with Crippen molar-refractivity contribution in [3.63, 3.8) is 0 Å². The Hall–Kier alpha value is -1.77. The molecule has 0 bridgehead atoms. The van der Waals surface area contributed by atoms with Gasteiger partial charge in [0.25, 0.3) is 0 Å². The van der Waals surface area contributed by atoms with Crippen molar-refractivity contribution in [2.45, 2.75) is 6.42 Å². The van der Waals surface area contributed by atoms with Crippen LogP contribution in [0.3, 0.4) is 0 Å². The summed E-state index contributed by atoms with van der Waals surface area (Å²) in [6, 6.07) is 7.74. The number of hydrogen-bond acceptors (Lipinski definition) is 2. The molecule has 1 N–H and O–H groups in total. The Balaban J connectivity index is 2.21. The highest BCUT2D eigenvalue weighted by atomic mass is 16.7. The second-order valence-electron chi connectivity index (χ2n) is 2.85. The first-order valence-electron chi connectivity index (χ1n) is 3.95. The molecule has 0 amide bonds. The summed E-state index contributed by atoms with van der Waals surface area (Å²) in [4.78, 5) is 10.2. The fourth-order valence-electron chi connectivity index (χ4n) is 1.43. The van der Waals surface area contributed by atoms with Gasteiger partial charge in [-0.3, -0.25) is 0 Å². The molecule has 0 saturated carbocycles. The number of fused-ring (bicyclic) bond motifs is 1. The van der Waals surface area contributed by atoms with Gasteiger partial charge in [0.05, 0.1) is 0 Å². The minimum absolute atomic E-state index is 0.494. The fourth-order valence-corrected chi connectivity index (χ4v) is 1.43. The van der Waals surface area contributed by atoms with Gasteiger partial charge in [-0.25, -0.2) is 4.79 Å². The van der Waals surface area contributed by atoms with Crippen LogP contribution in [0.1, 0.15) is 11.1 Å². The van der Waals surface area contributed by atoms with Crippen molar-refractivity contribution in [3.8, 4) is 0 Å². The van der Waals surface area contributed by atoms with E-state index in [0.717, 1.165) is 11.1 Å². The average Bonchev–Trinajstić information content (AvgIpc) is 2.44. The number of ether oxygens (including phenoxy) is 1. The lowest BCUT2D eigenvalue weighted by atomic mass is 10.1. The van der Waals surface area contributed by atoms with E-state index in [4.69, 9.17) is 5.11 Å². The normalized spacial score (nSPS) is 13.4. The molecular formula is C10H8O3. The summed E-state index contributed by atoms with van der Waals surface area (Å²) in [7, 11) is 0. The van der Waals surface area contributed by atoms with Crippen LogP contribution in [0.4, 0.5) is 4.79 Å². The lowest BCUT2D eigenvalue weighted by molar-refractivity contribution is 0.118. The first-order chi connectivity index (χ1) is 6.25. The van der Waals surface area contributed by atoms with Crippen molar-refractivity contribution in [3.05, 3.63) is 41.2 Å². The average molecular weight is 176 g/mol. The molecule has 0 spiro atoms. The Morgan fingerprint density at radius 1 is 1.38 bits per heavy atom. The van der Waals surface area contributed by atoms with Crippen molar-refractivity contribution < 1.29 is 14.6 Å². The summed E-state index contributed by atoms with van der Waals surface area (Å²) in [5.41, 5.74) is 2.15. The predicted molar refractivity (Wildman–Crippen MR) is 47.2 cm³/mol. The highest BCUT2D eigenvalue weighted by Crippen LogP contribution is 2.24. The van der Waals surface area contributed by atoms with Crippen molar-refractivity contribution in [1.29, 1.82) is 0 Å². The van der Waals surface area contributed by atoms with E-state index in [-0.39, 0.29) is 0 Å². The van der Waals surface area contributed by atoms with E-state index in [0.29, 0.717) is 12.2 Å². The molecule has 0 saturated heterocycles. The first kappa shape index (κ1) is 7.86. The smallest absolute Gasteiger partial charge is 0.449 e. The van der Waals surface area contributed by atoms with Gasteiger partial charge in [0.2, 0.25) is 0 Å². The highest BCUT2D eigenvalue weighted by Gasteiger charge is 2.14. The molecular weight excluding hydrogens is 168 g/mol. The lowest BCUT2D eigenvalue weighted by Crippen LogP contribution is -1.99. The van der Waals surface area contributed by atoms with Gasteiger partial charge in [-0.2, -0.15) is 0 Å². The highest BCUT2D eigenvalue weighted by molar-refractivity contribution is 5.66. The summed E-state index contributed by atoms with van der Waals surface area (Å²) in [5, 5.41) is 8.39. The molecule has 0 radical (unpaired) electrons. The second kappa shape index (κ2) is 2.94. The monoisotopic (exact) mass is 176 g/mol. The molecule has 0 aliphatic heterocycles. The number of hydrogen-bond donors (Lipinski definition) is 1. The summed E-state index contributed by atoms with van der Waals surface area (Å²) >= 11 is 0. The predicted octanol–water partition coefficient (Wildman–Crippen LogP) is 2.28. The van der Waals surface area contributed by atoms with Crippen LogP contribution in [0, 0.1) is 0 Å². The van der Waals surface area contributed by atoms with Crippen LogP contribution < -0.4 is 0 Å². The van der Waals surface area contributed by atoms with E-state index in [2.05, 4.69) is 4.74 Å². The maximum absolute atomic E-state index is 10.2. The molecule has 3 nitrogen and oxygen atoms in total. The van der Waals surface area contributed by atoms with Gasteiger partial charge >= 0.3 is 6.16 Å². The molecule has 0 unspecified atom stereocenters. The van der Waals surface area contributed by atoms with E-state index >= 15 is 0 Å². The Morgan fingerprint density at radius 3 is 2.85 bits per heavy atom. The standard InChI is InChI=1S/C10H8O3/c11-10(12)13-9-5-7-3-1-2-4-8(7)6-9/h1-5H,6H2,(H,11,12). The zero-order valence-electron chi connectivity index (χ0n) is 6.86. The van der Waals surface area contributed by atoms with E-state index in [1.54, 1.807) is 6.08 Å². The van der Waals surface area contributed by atoms with E-state index < -0.39 is 6.16 Å². The third kappa shape index (κ3) is 1.54. The molecule has 13 heavy (non-hydrogen) atoms. The van der Waals surface area contributed by atoms with Crippen LogP contribution in [-0.2, 0) is 11.2 Å². The molecule has 0 heterocycles. The van der Waals surface area contributed by atoms with Crippen LogP contribution in [0.5, 0.6) is 0 Å². The van der Waals surface area contributed by atoms with Crippen LogP contribution in [0.2, 0.25) is 0 Å². The van der Waals surface area contributed by atoms with E-state index in [1.807, 2.05) is 24.3 Å². The second-order valence-corrected chi connectivity index (χ2v) is 2.85. The van der Waals surface area contributed by atoms with Gasteiger partial charge < -0.3 is 9.84 Å². The van der Waals surface area contributed by atoms with Crippen LogP contribution in [0.15, 0.2) is 30.0 Å². The Morgan fingerprint density at radius 2 is 2.15 bits per heavy atom. The van der Waals surface area contributed by atoms with Crippen molar-refractivity contribution >= 4 is 12.2 Å². The number of carboxylic acid groups (broad SMARTS) is 1. The lowest BCUT2D eigenvalue weighted by Gasteiger charge is -1.98. The Kier molecular flexibility index (Phi) is 1.77. The van der Waals surface area contributed by atoms with Gasteiger partial charge in [-0.05, 0) is 17.2 Å². The van der Waals surface area contributed by atoms with Crippen molar-refractivity contribution in [2.24, 2.45) is 0 Å². The third-order valence-corrected chi connectivity index (χ3v) is 1.95. The van der Waals surface area contributed by atoms with Gasteiger partial charge in [0.15, 0.2) is 0 Å². The van der Waals surface area contributed by atoms with Crippen molar-refractivity contribution in [2.75, 3.05) is 0 Å². The molecule has 2 rings (SSSR count). The van der Waals surface area contributed by atoms with Gasteiger partial charge in [0.1, 0.15) is 5.76 Å². The third-order valence-electron chi connectivity index (χ3n) is 1.95. The van der Waals surface area contributed by atoms with Crippen LogP contribution in [0.25, 0.3) is 6.08 Å². The molecule has 0 atom stereocenters. The number of allylic oxidation sites excluding steroid dienone is 1. The molecule has 1 aliphatic carbocycles. The summed E-state index contributed by atoms with van der Waals surface area (Å²) in [5.74, 6) is 0.494. The summed E-state index contributed by atoms with van der Waals surface area (Å²) in [6.45, 7) is 0. The molecule has 1 aromatic rings. The van der Waals surface area contributed by atoms with Gasteiger partial charge in [0, 0.05) is 6.42 Å². The topological polar surface area (TPSA) is 46.5 Å². The zero-order valence-corrected chi connectivity index (χ0v) is 6.86. The molecule has 0 aromatic heterocycles. The maximum atomic E-state index is 10.2. The molecule has 1 aliphatic rings. The summed E-state index contributed by atoms with van der Waals surface area (Å²) < 4.78 is 4.57. The molecule has 1 aromatic carbocycles. The van der Waals surface area contributed by atoms with Crippen LogP contribution in [-0.4, -0.2) is 11.3 Å². The molecule has 3 heteroatoms. The largest absolute Gasteiger partial charge is 0.511 e. The SMILES string of the molecule is O=C(O)OC1=Cc2ccccc2C1. The molecule has 0 fully saturated rings. The Bertz CT molecular complexity index is 380. The van der Waals surface area contributed by atoms with Crippen molar-refractivity contribution in [1.82, 2.24) is 0 Å². The minimum atomic E-state index is -1.25. The van der Waals surface area contributed by atoms with Gasteiger partial charge in [-0.15, -0.1) is 0 Å². The fraction of sp³-hybridized carbons (Fsp3) is 0.100. The number of rotatable bonds is 1. The van der Waals surface area contributed by atoms with Crippen LogP contribution >= 0.6 is 0 Å². The quantitative estimate of drug-likeness (QED) is 0.667.